The van der Waals surface area contributed by atoms with Crippen LogP contribution in [0.4, 0.5) is 5.69 Å². The van der Waals surface area contributed by atoms with Crippen LogP contribution in [-0.2, 0) is 5.41 Å². The van der Waals surface area contributed by atoms with Crippen molar-refractivity contribution < 1.29 is 0 Å². The van der Waals surface area contributed by atoms with Gasteiger partial charge in [0.25, 0.3) is 0 Å². The van der Waals surface area contributed by atoms with Gasteiger partial charge in [0.2, 0.25) is 0 Å². The van der Waals surface area contributed by atoms with E-state index < -0.39 is 5.41 Å². The van der Waals surface area contributed by atoms with Crippen molar-refractivity contribution >= 4 is 44.1 Å². The predicted octanol–water partition coefficient (Wildman–Crippen LogP) is 13.1. The fourth-order valence-electron chi connectivity index (χ4n) is 10.0. The molecule has 3 heteroatoms. The number of nitrogens with one attached hydrogen (secondary N) is 1. The molecule has 2 aliphatic rings. The number of aliphatic imine (C=N–C) groups is 1. The van der Waals surface area contributed by atoms with Crippen LogP contribution in [0.5, 0.6) is 0 Å². The van der Waals surface area contributed by atoms with Crippen LogP contribution in [0.1, 0.15) is 45.0 Å². The lowest BCUT2D eigenvalue weighted by Gasteiger charge is -2.34. The van der Waals surface area contributed by atoms with Gasteiger partial charge in [0.1, 0.15) is 5.84 Å². The highest BCUT2D eigenvalue weighted by atomic mass is 15.1. The molecule has 0 amide bonds. The average Bonchev–Trinajstić information content (AvgIpc) is 3.79. The Balaban J connectivity index is 1.10. The molecular weight excluding hydrogens is 703 g/mol. The van der Waals surface area contributed by atoms with Gasteiger partial charge in [0.05, 0.1) is 28.2 Å². The van der Waals surface area contributed by atoms with Crippen molar-refractivity contribution in [1.29, 1.82) is 0 Å². The van der Waals surface area contributed by atoms with Crippen molar-refractivity contribution in [2.24, 2.45) is 4.99 Å². The van der Waals surface area contributed by atoms with Crippen LogP contribution in [0.2, 0.25) is 0 Å². The van der Waals surface area contributed by atoms with Crippen LogP contribution in [-0.4, -0.2) is 10.4 Å². The van der Waals surface area contributed by atoms with Crippen LogP contribution < -0.4 is 5.32 Å². The summed E-state index contributed by atoms with van der Waals surface area (Å²) in [5, 5.41) is 8.82. The van der Waals surface area contributed by atoms with Crippen LogP contribution in [0.3, 0.4) is 0 Å². The first-order valence-electron chi connectivity index (χ1n) is 20.1. The number of hydrogen-bond donors (Lipinski definition) is 1. The molecule has 10 aromatic rings. The summed E-state index contributed by atoms with van der Waals surface area (Å²) in [5.41, 5.74) is 15.2. The Morgan fingerprint density at radius 2 is 1.14 bits per heavy atom. The van der Waals surface area contributed by atoms with Gasteiger partial charge in [-0.1, -0.05) is 164 Å². The van der Waals surface area contributed by atoms with E-state index in [1.54, 1.807) is 0 Å². The first kappa shape index (κ1) is 32.7. The SMILES string of the molecule is c1ccc(C2NC(c3ccc(-n4c5cc6c(cc5c5c7ccccc7ccc54)-c4ccccc4C6(c4ccccc4)c4ccccc4)cc3)=Nc3ccccc32)cc1. The Hall–Kier alpha value is -7.49. The van der Waals surface area contributed by atoms with E-state index in [9.17, 15) is 0 Å². The first-order valence-corrected chi connectivity index (χ1v) is 20.1. The summed E-state index contributed by atoms with van der Waals surface area (Å²) in [6, 6.07) is 77.6. The predicted molar refractivity (Wildman–Crippen MR) is 240 cm³/mol. The summed E-state index contributed by atoms with van der Waals surface area (Å²) in [5.74, 6) is 0.874. The monoisotopic (exact) mass is 739 g/mol. The van der Waals surface area contributed by atoms with Gasteiger partial charge in [0.15, 0.2) is 0 Å². The summed E-state index contributed by atoms with van der Waals surface area (Å²) in [7, 11) is 0. The van der Waals surface area contributed by atoms with E-state index in [1.807, 2.05) is 0 Å². The maximum Gasteiger partial charge on any atom is 0.134 e. The third-order valence-electron chi connectivity index (χ3n) is 12.5. The molecule has 0 saturated heterocycles. The van der Waals surface area contributed by atoms with Gasteiger partial charge in [-0.3, -0.25) is 0 Å². The summed E-state index contributed by atoms with van der Waals surface area (Å²) in [6.07, 6.45) is 0. The minimum atomic E-state index is -0.494. The van der Waals surface area contributed by atoms with Crippen LogP contribution in [0.25, 0.3) is 49.4 Å². The molecule has 3 nitrogen and oxygen atoms in total. The Morgan fingerprint density at radius 1 is 0.483 bits per heavy atom. The van der Waals surface area contributed by atoms with Gasteiger partial charge in [-0.2, -0.15) is 0 Å². The van der Waals surface area contributed by atoms with Crippen molar-refractivity contribution in [3.63, 3.8) is 0 Å². The van der Waals surface area contributed by atoms with Crippen molar-refractivity contribution in [3.8, 4) is 16.8 Å². The minimum absolute atomic E-state index is 0.0101. The largest absolute Gasteiger partial charge is 0.359 e. The summed E-state index contributed by atoms with van der Waals surface area (Å²) >= 11 is 0. The maximum atomic E-state index is 5.15. The number of para-hydroxylation sites is 1. The van der Waals surface area contributed by atoms with Gasteiger partial charge in [-0.25, -0.2) is 4.99 Å². The number of nitrogens with zero attached hydrogens (tertiary/aromatic N) is 2. The number of amidine groups is 1. The molecule has 1 atom stereocenters. The molecule has 9 aromatic carbocycles. The van der Waals surface area contributed by atoms with Crippen LogP contribution >= 0.6 is 0 Å². The molecule has 0 bridgehead atoms. The molecular formula is C55H37N3. The topological polar surface area (TPSA) is 29.3 Å². The van der Waals surface area contributed by atoms with Gasteiger partial charge in [-0.15, -0.1) is 0 Å². The smallest absolute Gasteiger partial charge is 0.134 e. The summed E-state index contributed by atoms with van der Waals surface area (Å²) < 4.78 is 2.48. The standard InChI is InChI=1S/C55H37N3/c1-4-17-37(18-5-1)53-44-25-13-15-27-49(44)56-54(57-53)38-28-31-41(32-29-38)58-50-33-30-36-16-10-11-23-42(36)52(50)46-34-45-43-24-12-14-26-47(43)55(48(45)35-51(46)58,39-19-6-2-7-20-39)40-21-8-3-9-22-40/h1-35,53H,(H,56,57). The van der Waals surface area contributed by atoms with Gasteiger partial charge < -0.3 is 9.88 Å². The third-order valence-corrected chi connectivity index (χ3v) is 12.5. The fraction of sp³-hybridized carbons (Fsp3) is 0.0364. The number of rotatable bonds is 5. The number of benzene rings is 9. The molecule has 1 aliphatic carbocycles. The van der Waals surface area contributed by atoms with Gasteiger partial charge in [0, 0.05) is 27.6 Å². The Labute approximate surface area is 337 Å². The second kappa shape index (κ2) is 12.8. The molecule has 58 heavy (non-hydrogen) atoms. The normalized spacial score (nSPS) is 15.1. The molecule has 0 spiro atoms. The highest BCUT2D eigenvalue weighted by molar-refractivity contribution is 6.22. The minimum Gasteiger partial charge on any atom is -0.359 e. The highest BCUT2D eigenvalue weighted by Gasteiger charge is 2.46. The quantitative estimate of drug-likeness (QED) is 0.187. The second-order valence-corrected chi connectivity index (χ2v) is 15.5. The highest BCUT2D eigenvalue weighted by Crippen LogP contribution is 2.57. The molecule has 1 aliphatic heterocycles. The van der Waals surface area contributed by atoms with Gasteiger partial charge in [-0.05, 0) is 98.2 Å². The van der Waals surface area contributed by atoms with Crippen molar-refractivity contribution in [3.05, 3.63) is 251 Å². The third kappa shape index (κ3) is 4.71. The molecule has 0 radical (unpaired) electrons. The molecule has 272 valence electrons. The Morgan fingerprint density at radius 3 is 1.91 bits per heavy atom. The van der Waals surface area contributed by atoms with Crippen molar-refractivity contribution in [2.75, 3.05) is 0 Å². The molecule has 0 saturated carbocycles. The van der Waals surface area contributed by atoms with Crippen LogP contribution in [0, 0.1) is 0 Å². The van der Waals surface area contributed by atoms with E-state index in [0.29, 0.717) is 0 Å². The van der Waals surface area contributed by atoms with Crippen LogP contribution in [0.15, 0.2) is 217 Å². The van der Waals surface area contributed by atoms with E-state index in [1.165, 1.54) is 77.1 Å². The van der Waals surface area contributed by atoms with E-state index in [0.717, 1.165) is 22.8 Å². The lowest BCUT2D eigenvalue weighted by atomic mass is 9.67. The number of hydrogen-bond acceptors (Lipinski definition) is 2. The van der Waals surface area contributed by atoms with E-state index in [2.05, 4.69) is 222 Å². The Bertz CT molecular complexity index is 3190. The average molecular weight is 740 g/mol. The zero-order valence-corrected chi connectivity index (χ0v) is 31.7. The number of fused-ring (bicyclic) bond motifs is 9. The maximum absolute atomic E-state index is 5.15. The summed E-state index contributed by atoms with van der Waals surface area (Å²) in [6.45, 7) is 0. The summed E-state index contributed by atoms with van der Waals surface area (Å²) in [4.78, 5) is 5.15. The van der Waals surface area contributed by atoms with E-state index >= 15 is 0 Å². The molecule has 1 unspecified atom stereocenters. The zero-order chi connectivity index (χ0) is 38.2. The van der Waals surface area contributed by atoms with Crippen molar-refractivity contribution in [2.45, 2.75) is 11.5 Å². The lowest BCUT2D eigenvalue weighted by Crippen LogP contribution is -2.32. The molecule has 1 aromatic heterocycles. The molecule has 0 fully saturated rings. The number of aromatic nitrogens is 1. The fourth-order valence-corrected chi connectivity index (χ4v) is 10.0. The molecule has 2 heterocycles. The second-order valence-electron chi connectivity index (χ2n) is 15.5. The zero-order valence-electron chi connectivity index (χ0n) is 31.7. The van der Waals surface area contributed by atoms with Gasteiger partial charge >= 0.3 is 0 Å². The molecule has 1 N–H and O–H groups in total. The Kier molecular flexibility index (Phi) is 7.21. The lowest BCUT2D eigenvalue weighted by molar-refractivity contribution is 0.749. The van der Waals surface area contributed by atoms with Crippen molar-refractivity contribution in [1.82, 2.24) is 9.88 Å². The van der Waals surface area contributed by atoms with E-state index in [4.69, 9.17) is 4.99 Å². The first-order chi connectivity index (χ1) is 28.8. The molecule has 12 rings (SSSR count). The van der Waals surface area contributed by atoms with E-state index in [-0.39, 0.29) is 6.04 Å².